The number of alkyl halides is 6. The summed E-state index contributed by atoms with van der Waals surface area (Å²) in [4.78, 5) is 0. The third-order valence-electron chi connectivity index (χ3n) is 3.19. The number of rotatable bonds is 2. The molecule has 1 aliphatic heterocycles. The topological polar surface area (TPSA) is 35.2 Å². The SMILES string of the molecule is NC(c1ccc2c(c1)COC2)C(C(F)(F)F)C(F)(F)F. The third-order valence-corrected chi connectivity index (χ3v) is 3.19. The molecule has 0 fully saturated rings. The van der Waals surface area contributed by atoms with Gasteiger partial charge in [-0.2, -0.15) is 26.3 Å². The average molecular weight is 299 g/mol. The van der Waals surface area contributed by atoms with Gasteiger partial charge in [-0.25, -0.2) is 0 Å². The molecule has 1 aromatic rings. The fourth-order valence-corrected chi connectivity index (χ4v) is 2.18. The van der Waals surface area contributed by atoms with Crippen LogP contribution < -0.4 is 5.73 Å². The second kappa shape index (κ2) is 4.92. The Morgan fingerprint density at radius 1 is 0.950 bits per heavy atom. The molecule has 0 saturated heterocycles. The third kappa shape index (κ3) is 2.90. The van der Waals surface area contributed by atoms with Crippen LogP contribution in [0.25, 0.3) is 0 Å². The van der Waals surface area contributed by atoms with Gasteiger partial charge in [0, 0.05) is 0 Å². The van der Waals surface area contributed by atoms with E-state index in [0.29, 0.717) is 12.2 Å². The van der Waals surface area contributed by atoms with Gasteiger partial charge in [0.15, 0.2) is 5.92 Å². The van der Waals surface area contributed by atoms with E-state index in [1.807, 2.05) is 0 Å². The summed E-state index contributed by atoms with van der Waals surface area (Å²) in [5, 5.41) is 0. The quantitative estimate of drug-likeness (QED) is 0.849. The molecule has 8 heteroatoms. The van der Waals surface area contributed by atoms with E-state index >= 15 is 0 Å². The van der Waals surface area contributed by atoms with Crippen LogP contribution in [0.4, 0.5) is 26.3 Å². The Hall–Kier alpha value is -1.28. The Morgan fingerprint density at radius 2 is 1.50 bits per heavy atom. The highest BCUT2D eigenvalue weighted by molar-refractivity contribution is 5.35. The Bertz CT molecular complexity index is 482. The summed E-state index contributed by atoms with van der Waals surface area (Å²) in [6.45, 7) is 0.464. The lowest BCUT2D eigenvalue weighted by molar-refractivity contribution is -0.290. The zero-order valence-corrected chi connectivity index (χ0v) is 10.1. The summed E-state index contributed by atoms with van der Waals surface area (Å²) in [6.07, 6.45) is -10.9. The molecule has 2 nitrogen and oxygen atoms in total. The van der Waals surface area contributed by atoms with E-state index < -0.39 is 24.3 Å². The lowest BCUT2D eigenvalue weighted by Gasteiger charge is -2.28. The first-order valence-corrected chi connectivity index (χ1v) is 5.69. The molecule has 20 heavy (non-hydrogen) atoms. The molecular weight excluding hydrogens is 288 g/mol. The number of hydrogen-bond donors (Lipinski definition) is 1. The van der Waals surface area contributed by atoms with Crippen LogP contribution in [0.15, 0.2) is 18.2 Å². The Morgan fingerprint density at radius 3 is 2.05 bits per heavy atom. The van der Waals surface area contributed by atoms with Gasteiger partial charge in [-0.3, -0.25) is 0 Å². The standard InChI is InChI=1S/C12H11F6NO/c13-11(14,15)10(12(16,17)18)9(19)6-1-2-7-4-20-5-8(7)3-6/h1-3,9-10H,4-5,19H2. The van der Waals surface area contributed by atoms with Crippen LogP contribution in [-0.2, 0) is 18.0 Å². The molecular formula is C12H11F6NO. The normalized spacial score (nSPS) is 17.4. The van der Waals surface area contributed by atoms with Gasteiger partial charge in [0.25, 0.3) is 0 Å². The molecule has 2 rings (SSSR count). The minimum Gasteiger partial charge on any atom is -0.372 e. The molecule has 0 aromatic heterocycles. The fraction of sp³-hybridized carbons (Fsp3) is 0.500. The van der Waals surface area contributed by atoms with Crippen molar-refractivity contribution < 1.29 is 31.1 Å². The van der Waals surface area contributed by atoms with Crippen LogP contribution in [0.1, 0.15) is 22.7 Å². The average Bonchev–Trinajstić information content (AvgIpc) is 2.71. The molecule has 1 atom stereocenters. The lowest BCUT2D eigenvalue weighted by Crippen LogP contribution is -2.44. The minimum absolute atomic E-state index is 0.165. The fourth-order valence-electron chi connectivity index (χ4n) is 2.18. The predicted octanol–water partition coefficient (Wildman–Crippen LogP) is 3.46. The highest BCUT2D eigenvalue weighted by Gasteiger charge is 2.59. The van der Waals surface area contributed by atoms with E-state index in [1.54, 1.807) is 0 Å². The number of fused-ring (bicyclic) bond motifs is 1. The van der Waals surface area contributed by atoms with Gasteiger partial charge in [-0.05, 0) is 16.7 Å². The number of hydrogen-bond acceptors (Lipinski definition) is 2. The van der Waals surface area contributed by atoms with Crippen molar-refractivity contribution in [2.75, 3.05) is 0 Å². The zero-order valence-electron chi connectivity index (χ0n) is 10.1. The van der Waals surface area contributed by atoms with Gasteiger partial charge in [0.1, 0.15) is 0 Å². The number of benzene rings is 1. The van der Waals surface area contributed by atoms with Crippen molar-refractivity contribution in [3.05, 3.63) is 34.9 Å². The Balaban J connectivity index is 2.35. The first-order chi connectivity index (χ1) is 9.10. The molecule has 1 unspecified atom stereocenters. The summed E-state index contributed by atoms with van der Waals surface area (Å²) in [5.41, 5.74) is 6.34. The molecule has 2 N–H and O–H groups in total. The van der Waals surface area contributed by atoms with E-state index in [4.69, 9.17) is 10.5 Å². The largest absolute Gasteiger partial charge is 0.402 e. The Labute approximate surface area is 110 Å². The van der Waals surface area contributed by atoms with Crippen molar-refractivity contribution in [2.24, 2.45) is 11.7 Å². The van der Waals surface area contributed by atoms with Crippen LogP contribution in [0.3, 0.4) is 0 Å². The van der Waals surface area contributed by atoms with Crippen molar-refractivity contribution in [2.45, 2.75) is 31.6 Å². The maximum atomic E-state index is 12.6. The monoisotopic (exact) mass is 299 g/mol. The van der Waals surface area contributed by atoms with E-state index in [-0.39, 0.29) is 12.2 Å². The molecule has 0 radical (unpaired) electrons. The van der Waals surface area contributed by atoms with Gasteiger partial charge in [0.05, 0.1) is 19.3 Å². The maximum absolute atomic E-state index is 12.6. The molecule has 0 bridgehead atoms. The van der Waals surface area contributed by atoms with Gasteiger partial charge < -0.3 is 10.5 Å². The van der Waals surface area contributed by atoms with Crippen molar-refractivity contribution >= 4 is 0 Å². The lowest BCUT2D eigenvalue weighted by atomic mass is 9.91. The van der Waals surface area contributed by atoms with E-state index in [0.717, 1.165) is 5.56 Å². The van der Waals surface area contributed by atoms with Gasteiger partial charge in [-0.15, -0.1) is 0 Å². The maximum Gasteiger partial charge on any atom is 0.402 e. The highest BCUT2D eigenvalue weighted by atomic mass is 19.4. The number of nitrogens with two attached hydrogens (primary N) is 1. The van der Waals surface area contributed by atoms with E-state index in [1.165, 1.54) is 18.2 Å². The Kier molecular flexibility index (Phi) is 3.72. The van der Waals surface area contributed by atoms with Crippen molar-refractivity contribution in [1.29, 1.82) is 0 Å². The van der Waals surface area contributed by atoms with Crippen molar-refractivity contribution in [3.8, 4) is 0 Å². The molecule has 0 saturated carbocycles. The van der Waals surface area contributed by atoms with Crippen molar-refractivity contribution in [1.82, 2.24) is 0 Å². The zero-order chi connectivity index (χ0) is 15.1. The summed E-state index contributed by atoms with van der Waals surface area (Å²) < 4.78 is 80.7. The van der Waals surface area contributed by atoms with E-state index in [9.17, 15) is 26.3 Å². The van der Waals surface area contributed by atoms with Gasteiger partial charge in [-0.1, -0.05) is 18.2 Å². The van der Waals surface area contributed by atoms with E-state index in [2.05, 4.69) is 0 Å². The number of halogens is 6. The van der Waals surface area contributed by atoms with Gasteiger partial charge >= 0.3 is 12.4 Å². The smallest absolute Gasteiger partial charge is 0.372 e. The first kappa shape index (κ1) is 15.1. The second-order valence-corrected chi connectivity index (χ2v) is 4.61. The van der Waals surface area contributed by atoms with Crippen LogP contribution in [0.2, 0.25) is 0 Å². The molecule has 1 aromatic carbocycles. The summed E-state index contributed by atoms with van der Waals surface area (Å²) >= 11 is 0. The highest BCUT2D eigenvalue weighted by Crippen LogP contribution is 2.45. The molecule has 0 spiro atoms. The molecule has 0 aliphatic carbocycles. The predicted molar refractivity (Wildman–Crippen MR) is 57.5 cm³/mol. The van der Waals surface area contributed by atoms with Crippen LogP contribution in [-0.4, -0.2) is 12.4 Å². The number of ether oxygens (including phenoxy) is 1. The molecule has 1 aliphatic rings. The van der Waals surface area contributed by atoms with Crippen LogP contribution in [0, 0.1) is 5.92 Å². The van der Waals surface area contributed by atoms with Crippen LogP contribution in [0.5, 0.6) is 0 Å². The molecule has 112 valence electrons. The molecule has 0 amide bonds. The summed E-state index contributed by atoms with van der Waals surface area (Å²) in [6, 6.07) is 1.68. The summed E-state index contributed by atoms with van der Waals surface area (Å²) in [7, 11) is 0. The first-order valence-electron chi connectivity index (χ1n) is 5.69. The molecule has 1 heterocycles. The second-order valence-electron chi connectivity index (χ2n) is 4.61. The van der Waals surface area contributed by atoms with Crippen molar-refractivity contribution in [3.63, 3.8) is 0 Å². The van der Waals surface area contributed by atoms with Crippen LogP contribution >= 0.6 is 0 Å². The van der Waals surface area contributed by atoms with Gasteiger partial charge in [0.2, 0.25) is 0 Å². The minimum atomic E-state index is -5.45. The summed E-state index contributed by atoms with van der Waals surface area (Å²) in [5.74, 6) is -3.59.